The fourth-order valence-corrected chi connectivity index (χ4v) is 6.71. The highest BCUT2D eigenvalue weighted by atomic mass is 35.5. The normalized spacial score (nSPS) is 32.7. The van der Waals surface area contributed by atoms with Gasteiger partial charge >= 0.3 is 0 Å². The van der Waals surface area contributed by atoms with E-state index in [-0.39, 0.29) is 5.54 Å². The first-order valence-electron chi connectivity index (χ1n) is 11.7. The van der Waals surface area contributed by atoms with Gasteiger partial charge in [-0.05, 0) is 63.5 Å². The lowest BCUT2D eigenvalue weighted by Crippen LogP contribution is -2.43. The molecule has 0 N–H and O–H groups in total. The molecule has 4 fully saturated rings. The van der Waals surface area contributed by atoms with E-state index in [9.17, 15) is 4.39 Å². The number of rotatable bonds is 4. The van der Waals surface area contributed by atoms with Crippen LogP contribution in [0.25, 0.3) is 10.9 Å². The van der Waals surface area contributed by atoms with Crippen LogP contribution in [-0.2, 0) is 0 Å². The van der Waals surface area contributed by atoms with Gasteiger partial charge in [0.25, 0.3) is 0 Å². The third-order valence-electron chi connectivity index (χ3n) is 8.05. The van der Waals surface area contributed by atoms with Crippen molar-refractivity contribution in [3.05, 3.63) is 22.8 Å². The number of fused-ring (bicyclic) bond motifs is 4. The maximum absolute atomic E-state index is 14.2. The number of halogens is 2. The van der Waals surface area contributed by atoms with Crippen LogP contribution in [0, 0.1) is 18.8 Å². The van der Waals surface area contributed by atoms with Gasteiger partial charge in [0.15, 0.2) is 0 Å². The van der Waals surface area contributed by atoms with Crippen molar-refractivity contribution in [3.63, 3.8) is 0 Å². The third kappa shape index (κ3) is 3.46. The molecule has 2 bridgehead atoms. The molecule has 2 aromatic heterocycles. The van der Waals surface area contributed by atoms with Gasteiger partial charge in [0, 0.05) is 37.5 Å². The largest absolute Gasteiger partial charge is 0.476 e. The summed E-state index contributed by atoms with van der Waals surface area (Å²) in [6.45, 7) is 6.00. The minimum absolute atomic E-state index is 0.177. The summed E-state index contributed by atoms with van der Waals surface area (Å²) < 4.78 is 20.5. The van der Waals surface area contributed by atoms with E-state index in [1.807, 2.05) is 19.1 Å². The topological polar surface area (TPSA) is 41.5 Å². The lowest BCUT2D eigenvalue weighted by atomic mass is 9.95. The highest BCUT2D eigenvalue weighted by molar-refractivity contribution is 6.32. The Labute approximate surface area is 187 Å². The molecule has 166 valence electrons. The first-order chi connectivity index (χ1) is 15.0. The van der Waals surface area contributed by atoms with Crippen molar-refractivity contribution in [1.29, 1.82) is 0 Å². The predicted octanol–water partition coefficient (Wildman–Crippen LogP) is 4.78. The molecule has 0 aromatic carbocycles. The van der Waals surface area contributed by atoms with Crippen LogP contribution in [0.4, 0.5) is 10.2 Å². The molecule has 2 aromatic rings. The molecule has 3 aliphatic heterocycles. The Morgan fingerprint density at radius 1 is 1.19 bits per heavy atom. The zero-order valence-corrected chi connectivity index (χ0v) is 18.9. The molecule has 5 heterocycles. The quantitative estimate of drug-likeness (QED) is 0.678. The van der Waals surface area contributed by atoms with Crippen molar-refractivity contribution in [2.45, 2.75) is 57.2 Å². The molecule has 3 saturated heterocycles. The standard InChI is InChI=1S/C24H30ClFN4O/c1-15-20(25)8-19-21(27-15)9-22(28-23(19)29-11-16-3-4-17(7-16)12-29)31-14-24-5-2-6-30(24)13-18(26)10-24/h8-9,16-18H,2-7,10-14H2,1H3/t16?,17?,18-,24+/m1/s1. The van der Waals surface area contributed by atoms with Crippen LogP contribution >= 0.6 is 11.6 Å². The van der Waals surface area contributed by atoms with Crippen molar-refractivity contribution in [3.8, 4) is 5.88 Å². The first-order valence-corrected chi connectivity index (χ1v) is 12.1. The molecule has 5 nitrogen and oxygen atoms in total. The predicted molar refractivity (Wildman–Crippen MR) is 121 cm³/mol. The number of ether oxygens (including phenoxy) is 1. The van der Waals surface area contributed by atoms with Crippen LogP contribution < -0.4 is 9.64 Å². The number of hydrogen-bond acceptors (Lipinski definition) is 5. The summed E-state index contributed by atoms with van der Waals surface area (Å²) >= 11 is 6.45. The monoisotopic (exact) mass is 444 g/mol. The second-order valence-corrected chi connectivity index (χ2v) is 10.6. The van der Waals surface area contributed by atoms with Gasteiger partial charge < -0.3 is 9.64 Å². The van der Waals surface area contributed by atoms with Crippen molar-refractivity contribution in [2.75, 3.05) is 37.7 Å². The van der Waals surface area contributed by atoms with Gasteiger partial charge in [-0.1, -0.05) is 11.6 Å². The highest BCUT2D eigenvalue weighted by Crippen LogP contribution is 2.42. The Kier molecular flexibility index (Phi) is 4.80. The Hall–Kier alpha value is -1.66. The van der Waals surface area contributed by atoms with Crippen LogP contribution in [0.2, 0.25) is 5.02 Å². The number of alkyl halides is 1. The fourth-order valence-electron chi connectivity index (χ4n) is 6.56. The summed E-state index contributed by atoms with van der Waals surface area (Å²) in [5, 5.41) is 1.67. The molecule has 1 aliphatic carbocycles. The van der Waals surface area contributed by atoms with Crippen molar-refractivity contribution >= 4 is 28.3 Å². The van der Waals surface area contributed by atoms with Gasteiger partial charge in [0.2, 0.25) is 5.88 Å². The van der Waals surface area contributed by atoms with E-state index >= 15 is 0 Å². The number of piperidine rings is 1. The fraction of sp³-hybridized carbons (Fsp3) is 0.667. The van der Waals surface area contributed by atoms with E-state index in [1.54, 1.807) is 0 Å². The Morgan fingerprint density at radius 3 is 2.81 bits per heavy atom. The minimum atomic E-state index is -0.751. The average Bonchev–Trinajstić information content (AvgIpc) is 3.38. The second-order valence-electron chi connectivity index (χ2n) is 10.2. The van der Waals surface area contributed by atoms with E-state index < -0.39 is 6.17 Å². The van der Waals surface area contributed by atoms with Crippen LogP contribution in [0.1, 0.15) is 44.2 Å². The Balaban J connectivity index is 1.34. The summed E-state index contributed by atoms with van der Waals surface area (Å²) in [6, 6.07) is 3.93. The number of pyridine rings is 2. The van der Waals surface area contributed by atoms with Crippen molar-refractivity contribution < 1.29 is 9.13 Å². The molecule has 1 saturated carbocycles. The van der Waals surface area contributed by atoms with Crippen LogP contribution in [0.3, 0.4) is 0 Å². The highest BCUT2D eigenvalue weighted by Gasteiger charge is 2.49. The maximum atomic E-state index is 14.2. The molecule has 31 heavy (non-hydrogen) atoms. The van der Waals surface area contributed by atoms with Gasteiger partial charge in [-0.25, -0.2) is 4.39 Å². The third-order valence-corrected chi connectivity index (χ3v) is 8.44. The van der Waals surface area contributed by atoms with E-state index in [0.29, 0.717) is 30.5 Å². The van der Waals surface area contributed by atoms with Gasteiger partial charge in [-0.2, -0.15) is 4.98 Å². The summed E-state index contributed by atoms with van der Waals surface area (Å²) in [4.78, 5) is 14.4. The molecular formula is C24H30ClFN4O. The molecular weight excluding hydrogens is 415 g/mol. The molecule has 0 amide bonds. The van der Waals surface area contributed by atoms with E-state index in [4.69, 9.17) is 26.3 Å². The van der Waals surface area contributed by atoms with Crippen molar-refractivity contribution in [1.82, 2.24) is 14.9 Å². The zero-order valence-electron chi connectivity index (χ0n) is 18.1. The van der Waals surface area contributed by atoms with Gasteiger partial charge in [-0.3, -0.25) is 9.88 Å². The first kappa shape index (κ1) is 20.0. The number of aryl methyl sites for hydroxylation is 1. The number of nitrogens with zero attached hydrogens (tertiary/aromatic N) is 4. The summed E-state index contributed by atoms with van der Waals surface area (Å²) in [5.41, 5.74) is 1.51. The molecule has 4 aliphatic rings. The number of anilines is 1. The smallest absolute Gasteiger partial charge is 0.217 e. The molecule has 4 atom stereocenters. The average molecular weight is 445 g/mol. The van der Waals surface area contributed by atoms with Crippen LogP contribution in [0.5, 0.6) is 5.88 Å². The Morgan fingerprint density at radius 2 is 2.00 bits per heavy atom. The molecule has 0 spiro atoms. The van der Waals surface area contributed by atoms with E-state index in [2.05, 4.69) is 9.80 Å². The molecule has 7 heteroatoms. The van der Waals surface area contributed by atoms with Gasteiger partial charge in [0.1, 0.15) is 18.6 Å². The lowest BCUT2D eigenvalue weighted by Gasteiger charge is -2.34. The van der Waals surface area contributed by atoms with Crippen LogP contribution in [-0.4, -0.2) is 59.4 Å². The summed E-state index contributed by atoms with van der Waals surface area (Å²) in [5.74, 6) is 3.03. The molecule has 6 rings (SSSR count). The minimum Gasteiger partial charge on any atom is -0.476 e. The lowest BCUT2D eigenvalue weighted by molar-refractivity contribution is 0.111. The zero-order chi connectivity index (χ0) is 21.2. The SMILES string of the molecule is Cc1nc2cc(OC[C@@]34CCCN3C[C@H](F)C4)nc(N3CC4CCC(C4)C3)c2cc1Cl. The van der Waals surface area contributed by atoms with E-state index in [1.165, 1.54) is 19.3 Å². The number of hydrogen-bond donors (Lipinski definition) is 0. The second kappa shape index (κ2) is 7.45. The summed E-state index contributed by atoms with van der Waals surface area (Å²) in [6.07, 6.45) is 5.89. The van der Waals surface area contributed by atoms with Crippen molar-refractivity contribution in [2.24, 2.45) is 11.8 Å². The molecule has 0 radical (unpaired) electrons. The summed E-state index contributed by atoms with van der Waals surface area (Å²) in [7, 11) is 0. The number of aromatic nitrogens is 2. The maximum Gasteiger partial charge on any atom is 0.217 e. The van der Waals surface area contributed by atoms with Gasteiger partial charge in [-0.15, -0.1) is 0 Å². The van der Waals surface area contributed by atoms with E-state index in [0.717, 1.165) is 66.7 Å². The van der Waals surface area contributed by atoms with Crippen LogP contribution in [0.15, 0.2) is 12.1 Å². The molecule has 2 unspecified atom stereocenters. The Bertz CT molecular complexity index is 1010. The van der Waals surface area contributed by atoms with Gasteiger partial charge in [0.05, 0.1) is 21.8 Å².